The highest BCUT2D eigenvalue weighted by molar-refractivity contribution is 7.90. The lowest BCUT2D eigenvalue weighted by Gasteiger charge is -2.33. The molecule has 0 radical (unpaired) electrons. The van der Waals surface area contributed by atoms with Crippen molar-refractivity contribution >= 4 is 39.1 Å². The number of hydrogen-bond donors (Lipinski definition) is 2. The van der Waals surface area contributed by atoms with E-state index in [0.717, 1.165) is 31.9 Å². The van der Waals surface area contributed by atoms with Crippen LogP contribution in [0.25, 0.3) is 0 Å². The Balaban J connectivity index is 1.53. The summed E-state index contributed by atoms with van der Waals surface area (Å²) in [6, 6.07) is 17.8. The topological polar surface area (TPSA) is 143 Å². The van der Waals surface area contributed by atoms with Gasteiger partial charge >= 0.3 is 5.97 Å². The molecule has 3 aromatic carbocycles. The number of aromatic carboxylic acids is 1. The van der Waals surface area contributed by atoms with Gasteiger partial charge < -0.3 is 15.2 Å². The molecule has 0 saturated carbocycles. The van der Waals surface area contributed by atoms with Gasteiger partial charge in [0, 0.05) is 24.8 Å². The lowest BCUT2D eigenvalue weighted by Crippen LogP contribution is -2.47. The number of aromatic nitrogens is 2. The number of nitrogens with zero attached hydrogens (tertiary/aromatic N) is 4. The number of amidine groups is 1. The third-order valence-corrected chi connectivity index (χ3v) is 8.88. The maximum atomic E-state index is 14.0. The minimum atomic E-state index is -4.16. The van der Waals surface area contributed by atoms with Gasteiger partial charge in [-0.2, -0.15) is 5.10 Å². The summed E-state index contributed by atoms with van der Waals surface area (Å²) in [5, 5.41) is 16.5. The Morgan fingerprint density at radius 3 is 2.47 bits per heavy atom. The summed E-state index contributed by atoms with van der Waals surface area (Å²) in [6.07, 6.45) is 2.56. The average molecular weight is 602 g/mol. The minimum absolute atomic E-state index is 0.00111. The molecule has 5 rings (SSSR count). The highest BCUT2D eigenvalue weighted by Crippen LogP contribution is 2.35. The van der Waals surface area contributed by atoms with E-state index in [4.69, 9.17) is 4.74 Å². The van der Waals surface area contributed by atoms with E-state index in [1.54, 1.807) is 30.3 Å². The molecule has 0 spiro atoms. The molecule has 2 N–H and O–H groups in total. The summed E-state index contributed by atoms with van der Waals surface area (Å²) >= 11 is 0. The number of carboxylic acid groups (broad SMARTS) is 1. The van der Waals surface area contributed by atoms with Gasteiger partial charge in [-0.1, -0.05) is 48.0 Å². The fourth-order valence-corrected chi connectivity index (χ4v) is 6.45. The molecule has 43 heavy (non-hydrogen) atoms. The Morgan fingerprint density at radius 2 is 1.74 bits per heavy atom. The lowest BCUT2D eigenvalue weighted by molar-refractivity contribution is -0.117. The zero-order chi connectivity index (χ0) is 30.7. The van der Waals surface area contributed by atoms with E-state index in [0.29, 0.717) is 11.4 Å². The van der Waals surface area contributed by atoms with Crippen molar-refractivity contribution in [3.8, 4) is 5.75 Å². The molecule has 1 unspecified atom stereocenters. The number of rotatable bonds is 10. The van der Waals surface area contributed by atoms with Crippen molar-refractivity contribution in [2.24, 2.45) is 4.99 Å². The largest absolute Gasteiger partial charge is 0.493 e. The van der Waals surface area contributed by atoms with E-state index in [9.17, 15) is 23.1 Å². The third kappa shape index (κ3) is 6.14. The van der Waals surface area contributed by atoms with Gasteiger partial charge in [0.15, 0.2) is 11.9 Å². The zero-order valence-electron chi connectivity index (χ0n) is 23.9. The Labute approximate surface area is 249 Å². The first-order valence-electron chi connectivity index (χ1n) is 13.6. The Kier molecular flexibility index (Phi) is 8.31. The Bertz CT molecular complexity index is 1830. The number of carboxylic acids is 1. The molecule has 0 aliphatic carbocycles. The summed E-state index contributed by atoms with van der Waals surface area (Å²) in [4.78, 5) is 30.3. The summed E-state index contributed by atoms with van der Waals surface area (Å²) < 4.78 is 36.2. The average Bonchev–Trinajstić information content (AvgIpc) is 3.45. The first-order valence-corrected chi connectivity index (χ1v) is 15.0. The molecule has 1 amide bonds. The number of amides is 1. The molecule has 0 bridgehead atoms. The number of sulfonamides is 1. The zero-order valence-corrected chi connectivity index (χ0v) is 24.7. The van der Waals surface area contributed by atoms with Crippen LogP contribution in [0, 0.1) is 20.8 Å². The summed E-state index contributed by atoms with van der Waals surface area (Å²) in [5.41, 5.74) is 3.36. The fraction of sp³-hybridized carbons (Fsp3) is 0.226. The van der Waals surface area contributed by atoms with E-state index >= 15 is 0 Å². The number of aryl methyl sites for hydroxylation is 3. The Hall–Kier alpha value is -4.97. The number of ether oxygens (including phenoxy) is 1. The first-order chi connectivity index (χ1) is 20.6. The number of fused-ring (bicyclic) bond motifs is 1. The molecular formula is C31H31N5O6S. The quantitative estimate of drug-likeness (QED) is 0.246. The highest BCUT2D eigenvalue weighted by atomic mass is 32.2. The van der Waals surface area contributed by atoms with Gasteiger partial charge in [0.05, 0.1) is 24.1 Å². The van der Waals surface area contributed by atoms with Crippen LogP contribution < -0.4 is 10.1 Å². The molecule has 11 nitrogen and oxygen atoms in total. The maximum Gasteiger partial charge on any atom is 0.338 e. The van der Waals surface area contributed by atoms with E-state index in [2.05, 4.69) is 15.4 Å². The molecule has 1 atom stereocenters. The molecule has 4 aromatic rings. The van der Waals surface area contributed by atoms with Crippen molar-refractivity contribution in [2.45, 2.75) is 38.1 Å². The molecule has 0 saturated heterocycles. The van der Waals surface area contributed by atoms with E-state index in [1.165, 1.54) is 12.3 Å². The molecular weight excluding hydrogens is 570 g/mol. The number of aliphatic imine (C=N–C) groups is 1. The fourth-order valence-electron chi connectivity index (χ4n) is 4.83. The van der Waals surface area contributed by atoms with Crippen LogP contribution in [0.1, 0.15) is 39.5 Å². The summed E-state index contributed by atoms with van der Waals surface area (Å²) in [7, 11) is -4.16. The van der Waals surface area contributed by atoms with Crippen LogP contribution in [0.4, 0.5) is 11.4 Å². The molecule has 2 heterocycles. The lowest BCUT2D eigenvalue weighted by atomic mass is 10.1. The second-order valence-electron chi connectivity index (χ2n) is 10.2. The van der Waals surface area contributed by atoms with E-state index in [-0.39, 0.29) is 41.6 Å². The highest BCUT2D eigenvalue weighted by Gasteiger charge is 2.41. The number of para-hydroxylation sites is 2. The minimum Gasteiger partial charge on any atom is -0.493 e. The van der Waals surface area contributed by atoms with Crippen LogP contribution in [-0.4, -0.2) is 58.5 Å². The van der Waals surface area contributed by atoms with Crippen LogP contribution in [0.2, 0.25) is 0 Å². The predicted octanol–water partition coefficient (Wildman–Crippen LogP) is 4.89. The van der Waals surface area contributed by atoms with E-state index < -0.39 is 27.9 Å². The van der Waals surface area contributed by atoms with Gasteiger partial charge in [0.2, 0.25) is 0 Å². The van der Waals surface area contributed by atoms with Crippen molar-refractivity contribution in [2.75, 3.05) is 18.5 Å². The number of hydrogen-bond acceptors (Lipinski definition) is 7. The maximum absolute atomic E-state index is 14.0. The van der Waals surface area contributed by atoms with Crippen LogP contribution >= 0.6 is 0 Å². The normalized spacial score (nSPS) is 14.4. The summed E-state index contributed by atoms with van der Waals surface area (Å²) in [5.74, 6) is -1.30. The standard InChI is InChI=1S/C31H31N5O6S/c1-20-13-14-26(22(3)17-20)42-16-8-15-36-29(33-25-11-6-7-12-27(25)43(36,40)41)28(35-19-23(18-32-35)31(38)39)30(37)34-24-10-5-4-9-21(24)2/h4-7,9-14,17-19,28H,8,15-16H2,1-3H3,(H,34,37)(H,38,39). The van der Waals surface area contributed by atoms with Crippen molar-refractivity contribution in [1.29, 1.82) is 0 Å². The number of carbonyl (C=O) groups is 2. The van der Waals surface area contributed by atoms with Gasteiger partial charge in [-0.05, 0) is 56.2 Å². The second kappa shape index (κ2) is 12.1. The molecule has 1 aromatic heterocycles. The molecule has 12 heteroatoms. The van der Waals surface area contributed by atoms with E-state index in [1.807, 2.05) is 51.1 Å². The molecule has 1 aliphatic heterocycles. The van der Waals surface area contributed by atoms with Crippen molar-refractivity contribution in [3.05, 3.63) is 101 Å². The summed E-state index contributed by atoms with van der Waals surface area (Å²) in [6.45, 7) is 5.90. The van der Waals surface area contributed by atoms with Crippen molar-refractivity contribution in [1.82, 2.24) is 14.1 Å². The van der Waals surface area contributed by atoms with Gasteiger partial charge in [0.25, 0.3) is 15.9 Å². The molecule has 0 fully saturated rings. The number of nitrogens with one attached hydrogen (secondary N) is 1. The SMILES string of the molecule is Cc1ccc(OCCCN2C(C(C(=O)Nc3ccccc3C)n3cc(C(=O)O)cn3)=Nc3ccccc3S2(=O)=O)c(C)c1. The van der Waals surface area contributed by atoms with Crippen molar-refractivity contribution < 1.29 is 27.9 Å². The van der Waals surface area contributed by atoms with Gasteiger partial charge in [-0.3, -0.25) is 13.8 Å². The van der Waals surface area contributed by atoms with Crippen molar-refractivity contribution in [3.63, 3.8) is 0 Å². The second-order valence-corrected chi connectivity index (χ2v) is 12.0. The van der Waals surface area contributed by atoms with Crippen LogP contribution in [0.5, 0.6) is 5.75 Å². The van der Waals surface area contributed by atoms with Crippen LogP contribution in [-0.2, 0) is 14.8 Å². The number of anilines is 1. The monoisotopic (exact) mass is 601 g/mol. The predicted molar refractivity (Wildman–Crippen MR) is 161 cm³/mol. The molecule has 222 valence electrons. The van der Waals surface area contributed by atoms with Crippen LogP contribution in [0.3, 0.4) is 0 Å². The Morgan fingerprint density at radius 1 is 1.00 bits per heavy atom. The number of carbonyl (C=O) groups excluding carboxylic acids is 1. The number of benzene rings is 3. The van der Waals surface area contributed by atoms with Gasteiger partial charge in [0.1, 0.15) is 10.6 Å². The third-order valence-electron chi connectivity index (χ3n) is 7.03. The van der Waals surface area contributed by atoms with Gasteiger partial charge in [-0.25, -0.2) is 18.2 Å². The smallest absolute Gasteiger partial charge is 0.338 e. The first kappa shape index (κ1) is 29.5. The molecule has 1 aliphatic rings. The van der Waals surface area contributed by atoms with Crippen LogP contribution in [0.15, 0.2) is 89.0 Å². The van der Waals surface area contributed by atoms with Gasteiger partial charge in [-0.15, -0.1) is 0 Å².